The van der Waals surface area contributed by atoms with Crippen molar-refractivity contribution in [1.82, 2.24) is 9.97 Å². The zero-order valence-corrected chi connectivity index (χ0v) is 16.7. The lowest BCUT2D eigenvalue weighted by Crippen LogP contribution is -2.17. The molecule has 2 aromatic carbocycles. The predicted octanol–water partition coefficient (Wildman–Crippen LogP) is 5.18. The van der Waals surface area contributed by atoms with Crippen molar-refractivity contribution in [3.63, 3.8) is 0 Å². The lowest BCUT2D eigenvalue weighted by Gasteiger charge is -2.13. The number of benzene rings is 2. The van der Waals surface area contributed by atoms with Crippen LogP contribution in [-0.4, -0.2) is 28.8 Å². The van der Waals surface area contributed by atoms with Crippen LogP contribution in [0.25, 0.3) is 11.3 Å². The number of nitrogens with zero attached hydrogens (tertiary/aromatic N) is 2. The topological polar surface area (TPSA) is 88.2 Å². The highest BCUT2D eigenvalue weighted by atomic mass is 19.4. The second-order valence-corrected chi connectivity index (χ2v) is 6.45. The summed E-state index contributed by atoms with van der Waals surface area (Å²) in [5, 5.41) is 8.82. The molecule has 3 rings (SSSR count). The smallest absolute Gasteiger partial charge is 0.406 e. The van der Waals surface area contributed by atoms with Crippen molar-refractivity contribution < 1.29 is 22.7 Å². The van der Waals surface area contributed by atoms with E-state index < -0.39 is 6.36 Å². The number of alkyl halides is 3. The van der Waals surface area contributed by atoms with E-state index >= 15 is 0 Å². The molecule has 0 unspecified atom stereocenters. The fourth-order valence-corrected chi connectivity index (χ4v) is 2.74. The van der Waals surface area contributed by atoms with E-state index in [1.165, 1.54) is 25.1 Å². The molecule has 162 valence electrons. The van der Waals surface area contributed by atoms with Crippen LogP contribution in [-0.2, 0) is 4.79 Å². The van der Waals surface area contributed by atoms with Gasteiger partial charge in [-0.2, -0.15) is 4.98 Å². The van der Waals surface area contributed by atoms with Crippen molar-refractivity contribution in [2.45, 2.75) is 20.2 Å². The van der Waals surface area contributed by atoms with Gasteiger partial charge in [0, 0.05) is 36.5 Å². The number of halogens is 3. The molecule has 0 saturated carbocycles. The quantitative estimate of drug-likeness (QED) is 0.478. The number of carbonyl (C=O) groups excluding carboxylic acids is 1. The number of anilines is 4. The van der Waals surface area contributed by atoms with Gasteiger partial charge in [-0.3, -0.25) is 4.79 Å². The molecule has 0 aliphatic rings. The molecule has 10 heteroatoms. The lowest BCUT2D eigenvalue weighted by molar-refractivity contribution is -0.274. The number of rotatable bonds is 7. The normalized spacial score (nSPS) is 11.0. The molecule has 1 aromatic heterocycles. The highest BCUT2D eigenvalue weighted by molar-refractivity contribution is 5.88. The first-order valence-corrected chi connectivity index (χ1v) is 9.35. The molecule has 0 atom stereocenters. The number of hydrogen-bond acceptors (Lipinski definition) is 6. The van der Waals surface area contributed by atoms with Crippen LogP contribution in [0.1, 0.15) is 13.8 Å². The van der Waals surface area contributed by atoms with Crippen LogP contribution in [0.4, 0.5) is 36.3 Å². The number of aromatic nitrogens is 2. The van der Waals surface area contributed by atoms with Crippen molar-refractivity contribution >= 4 is 29.0 Å². The third kappa shape index (κ3) is 6.59. The van der Waals surface area contributed by atoms with Gasteiger partial charge >= 0.3 is 6.36 Å². The Morgan fingerprint density at radius 2 is 1.74 bits per heavy atom. The van der Waals surface area contributed by atoms with Gasteiger partial charge in [0.2, 0.25) is 11.9 Å². The SMILES string of the molecule is CCNc1nc(Nc2ccc(NC(C)=O)cc2)cc(-c2cccc(OC(F)(F)F)c2)n1. The Hall–Kier alpha value is -3.82. The maximum atomic E-state index is 12.6. The Labute approximate surface area is 176 Å². The molecule has 0 aliphatic heterocycles. The van der Waals surface area contributed by atoms with Crippen molar-refractivity contribution in [1.29, 1.82) is 0 Å². The van der Waals surface area contributed by atoms with Gasteiger partial charge in [-0.05, 0) is 43.3 Å². The van der Waals surface area contributed by atoms with Crippen LogP contribution in [0.2, 0.25) is 0 Å². The largest absolute Gasteiger partial charge is 0.573 e. The van der Waals surface area contributed by atoms with Gasteiger partial charge < -0.3 is 20.7 Å². The van der Waals surface area contributed by atoms with E-state index in [0.29, 0.717) is 40.9 Å². The van der Waals surface area contributed by atoms with E-state index in [1.54, 1.807) is 36.4 Å². The number of nitrogens with one attached hydrogen (secondary N) is 3. The highest BCUT2D eigenvalue weighted by Gasteiger charge is 2.31. The minimum absolute atomic E-state index is 0.173. The number of amides is 1. The average molecular weight is 431 g/mol. The second-order valence-electron chi connectivity index (χ2n) is 6.45. The van der Waals surface area contributed by atoms with E-state index in [4.69, 9.17) is 0 Å². The monoisotopic (exact) mass is 431 g/mol. The lowest BCUT2D eigenvalue weighted by atomic mass is 10.1. The van der Waals surface area contributed by atoms with Gasteiger partial charge in [0.25, 0.3) is 0 Å². The number of ether oxygens (including phenoxy) is 1. The summed E-state index contributed by atoms with van der Waals surface area (Å²) in [5.41, 5.74) is 2.20. The fraction of sp³-hybridized carbons (Fsp3) is 0.190. The van der Waals surface area contributed by atoms with E-state index in [1.807, 2.05) is 6.92 Å². The molecule has 3 aromatic rings. The van der Waals surface area contributed by atoms with E-state index in [2.05, 4.69) is 30.7 Å². The van der Waals surface area contributed by atoms with Crippen LogP contribution in [0.15, 0.2) is 54.6 Å². The molecule has 0 saturated heterocycles. The molecule has 31 heavy (non-hydrogen) atoms. The summed E-state index contributed by atoms with van der Waals surface area (Å²) in [4.78, 5) is 19.9. The van der Waals surface area contributed by atoms with Gasteiger partial charge in [-0.1, -0.05) is 12.1 Å². The minimum Gasteiger partial charge on any atom is -0.406 e. The Morgan fingerprint density at radius 1 is 1.03 bits per heavy atom. The van der Waals surface area contributed by atoms with Gasteiger partial charge in [0.05, 0.1) is 5.69 Å². The first-order valence-electron chi connectivity index (χ1n) is 9.35. The van der Waals surface area contributed by atoms with E-state index in [0.717, 1.165) is 0 Å². The summed E-state index contributed by atoms with van der Waals surface area (Å²) in [7, 11) is 0. The second kappa shape index (κ2) is 9.33. The van der Waals surface area contributed by atoms with Gasteiger partial charge in [0.1, 0.15) is 11.6 Å². The Kier molecular flexibility index (Phi) is 6.58. The summed E-state index contributed by atoms with van der Waals surface area (Å²) in [6.07, 6.45) is -4.78. The number of carbonyl (C=O) groups is 1. The molecular weight excluding hydrogens is 411 g/mol. The summed E-state index contributed by atoms with van der Waals surface area (Å²) >= 11 is 0. The first kappa shape index (κ1) is 21.9. The maximum Gasteiger partial charge on any atom is 0.573 e. The summed E-state index contributed by atoms with van der Waals surface area (Å²) < 4.78 is 41.7. The van der Waals surface area contributed by atoms with Crippen LogP contribution < -0.4 is 20.7 Å². The van der Waals surface area contributed by atoms with E-state index in [-0.39, 0.29) is 11.7 Å². The zero-order chi connectivity index (χ0) is 22.4. The molecule has 3 N–H and O–H groups in total. The van der Waals surface area contributed by atoms with Crippen molar-refractivity contribution in [2.75, 3.05) is 22.5 Å². The molecular formula is C21H20F3N5O2. The zero-order valence-electron chi connectivity index (χ0n) is 16.7. The predicted molar refractivity (Wildman–Crippen MR) is 112 cm³/mol. The van der Waals surface area contributed by atoms with Crippen molar-refractivity contribution in [3.8, 4) is 17.0 Å². The minimum atomic E-state index is -4.78. The molecule has 0 radical (unpaired) electrons. The first-order chi connectivity index (χ1) is 14.7. The van der Waals surface area contributed by atoms with Crippen LogP contribution >= 0.6 is 0 Å². The number of hydrogen-bond donors (Lipinski definition) is 3. The Morgan fingerprint density at radius 3 is 2.39 bits per heavy atom. The Balaban J connectivity index is 1.89. The standard InChI is InChI=1S/C21H20F3N5O2/c1-3-25-20-28-18(14-5-4-6-17(11-14)31-21(22,23)24)12-19(29-20)27-16-9-7-15(8-10-16)26-13(2)30/h4-12H,3H2,1-2H3,(H,26,30)(H2,25,27,28,29). The van der Waals surface area contributed by atoms with E-state index in [9.17, 15) is 18.0 Å². The van der Waals surface area contributed by atoms with Crippen molar-refractivity contribution in [2.24, 2.45) is 0 Å². The van der Waals surface area contributed by atoms with Crippen LogP contribution in [0.5, 0.6) is 5.75 Å². The average Bonchev–Trinajstić information content (AvgIpc) is 2.68. The Bertz CT molecular complexity index is 1060. The molecule has 0 aliphatic carbocycles. The van der Waals surface area contributed by atoms with Crippen LogP contribution in [0.3, 0.4) is 0 Å². The van der Waals surface area contributed by atoms with Crippen molar-refractivity contribution in [3.05, 3.63) is 54.6 Å². The molecule has 7 nitrogen and oxygen atoms in total. The molecule has 0 bridgehead atoms. The van der Waals surface area contributed by atoms with Gasteiger partial charge in [-0.25, -0.2) is 4.98 Å². The summed E-state index contributed by atoms with van der Waals surface area (Å²) in [6.45, 7) is 3.86. The van der Waals surface area contributed by atoms with Gasteiger partial charge in [0.15, 0.2) is 0 Å². The molecule has 1 heterocycles. The summed E-state index contributed by atoms with van der Waals surface area (Å²) in [5.74, 6) is 0.250. The highest BCUT2D eigenvalue weighted by Crippen LogP contribution is 2.29. The molecule has 1 amide bonds. The van der Waals surface area contributed by atoms with Crippen LogP contribution in [0, 0.1) is 0 Å². The maximum absolute atomic E-state index is 12.6. The van der Waals surface area contributed by atoms with Gasteiger partial charge in [-0.15, -0.1) is 13.2 Å². The molecule has 0 fully saturated rings. The third-order valence-corrected chi connectivity index (χ3v) is 3.90. The fourth-order valence-electron chi connectivity index (χ4n) is 2.74. The summed E-state index contributed by atoms with van der Waals surface area (Å²) in [6, 6.07) is 14.2. The molecule has 0 spiro atoms. The third-order valence-electron chi connectivity index (χ3n) is 3.90.